The Morgan fingerprint density at radius 2 is 1.63 bits per heavy atom. The molecule has 2 fully saturated rings. The van der Waals surface area contributed by atoms with Crippen LogP contribution in [0, 0.1) is 17.3 Å². The third-order valence-electron chi connectivity index (χ3n) is 7.35. The van der Waals surface area contributed by atoms with Crippen molar-refractivity contribution in [1.29, 1.82) is 0 Å². The van der Waals surface area contributed by atoms with Gasteiger partial charge in [0.05, 0.1) is 5.41 Å². The highest BCUT2D eigenvalue weighted by Gasteiger charge is 2.51. The predicted molar refractivity (Wildman–Crippen MR) is 105 cm³/mol. The van der Waals surface area contributed by atoms with Crippen molar-refractivity contribution in [3.8, 4) is 0 Å². The van der Waals surface area contributed by atoms with Gasteiger partial charge < -0.3 is 4.90 Å². The lowest BCUT2D eigenvalue weighted by atomic mass is 9.52. The molecule has 1 aromatic carbocycles. The van der Waals surface area contributed by atoms with E-state index < -0.39 is 5.41 Å². The Morgan fingerprint density at radius 1 is 1.04 bits per heavy atom. The molecule has 0 aromatic heterocycles. The number of hydrogen-bond acceptors (Lipinski definition) is 3. The molecule has 0 bridgehead atoms. The Labute approximate surface area is 162 Å². The molecule has 1 saturated carbocycles. The molecule has 3 rings (SSSR count). The molecule has 1 amide bonds. The highest BCUT2D eigenvalue weighted by Crippen LogP contribution is 2.53. The van der Waals surface area contributed by atoms with Gasteiger partial charge in [-0.1, -0.05) is 44.2 Å². The maximum absolute atomic E-state index is 12.8. The Morgan fingerprint density at radius 3 is 2.11 bits per heavy atom. The van der Waals surface area contributed by atoms with Crippen LogP contribution in [0.1, 0.15) is 58.9 Å². The van der Waals surface area contributed by atoms with Crippen LogP contribution in [0.15, 0.2) is 30.3 Å². The number of ketones is 2. The van der Waals surface area contributed by atoms with Crippen LogP contribution in [0.25, 0.3) is 0 Å². The summed E-state index contributed by atoms with van der Waals surface area (Å²) in [5.74, 6) is 0.939. The summed E-state index contributed by atoms with van der Waals surface area (Å²) in [6, 6.07) is 9.96. The fraction of sp³-hybridized carbons (Fsp3) is 0.609. The van der Waals surface area contributed by atoms with E-state index in [1.54, 1.807) is 13.8 Å². The Balaban J connectivity index is 1.63. The number of nitrogens with zero attached hydrogens (tertiary/aromatic N) is 1. The van der Waals surface area contributed by atoms with E-state index in [2.05, 4.69) is 13.8 Å². The van der Waals surface area contributed by atoms with E-state index in [0.717, 1.165) is 12.0 Å². The SMILES string of the molecule is CC(=O)[C@H]1C[C@@H](CC(=O)N2CCC(C(C)=O)(c3ccccc3)CC2)C1(C)C. The summed E-state index contributed by atoms with van der Waals surface area (Å²) in [5.41, 5.74) is 0.506. The maximum atomic E-state index is 12.8. The lowest BCUT2D eigenvalue weighted by Crippen LogP contribution is -2.52. The molecular formula is C23H31NO3. The Kier molecular flexibility index (Phi) is 5.29. The third kappa shape index (κ3) is 3.46. The number of rotatable bonds is 5. The minimum absolute atomic E-state index is 0.0834. The summed E-state index contributed by atoms with van der Waals surface area (Å²) in [6.07, 6.45) is 2.70. The molecule has 1 saturated heterocycles. The van der Waals surface area contributed by atoms with Gasteiger partial charge in [-0.25, -0.2) is 0 Å². The van der Waals surface area contributed by atoms with Crippen LogP contribution in [-0.2, 0) is 19.8 Å². The van der Waals surface area contributed by atoms with E-state index in [0.29, 0.717) is 32.4 Å². The van der Waals surface area contributed by atoms with Crippen molar-refractivity contribution in [2.75, 3.05) is 13.1 Å². The van der Waals surface area contributed by atoms with E-state index in [1.165, 1.54) is 0 Å². The lowest BCUT2D eigenvalue weighted by Gasteiger charge is -2.51. The van der Waals surface area contributed by atoms with Crippen molar-refractivity contribution in [3.63, 3.8) is 0 Å². The Bertz CT molecular complexity index is 729. The molecule has 0 unspecified atom stereocenters. The molecule has 0 N–H and O–H groups in total. The van der Waals surface area contributed by atoms with Crippen LogP contribution in [0.3, 0.4) is 0 Å². The van der Waals surface area contributed by atoms with Gasteiger partial charge in [0.15, 0.2) is 0 Å². The Hall–Kier alpha value is -1.97. The zero-order chi connectivity index (χ0) is 19.8. The summed E-state index contributed by atoms with van der Waals surface area (Å²) >= 11 is 0. The van der Waals surface area contributed by atoms with Crippen LogP contribution in [0.2, 0.25) is 0 Å². The number of likely N-dealkylation sites (tertiary alicyclic amines) is 1. The van der Waals surface area contributed by atoms with Gasteiger partial charge >= 0.3 is 0 Å². The van der Waals surface area contributed by atoms with Crippen LogP contribution in [0.4, 0.5) is 0 Å². The first-order chi connectivity index (χ1) is 12.7. The van der Waals surface area contributed by atoms with Gasteiger partial charge in [0.25, 0.3) is 0 Å². The quantitative estimate of drug-likeness (QED) is 0.794. The fourth-order valence-corrected chi connectivity index (χ4v) is 5.13. The van der Waals surface area contributed by atoms with Crippen molar-refractivity contribution in [2.45, 2.75) is 58.8 Å². The molecule has 0 spiro atoms. The molecule has 27 heavy (non-hydrogen) atoms. The van der Waals surface area contributed by atoms with Gasteiger partial charge in [0, 0.05) is 25.4 Å². The fourth-order valence-electron chi connectivity index (χ4n) is 5.13. The first kappa shape index (κ1) is 19.8. The highest BCUT2D eigenvalue weighted by atomic mass is 16.2. The van der Waals surface area contributed by atoms with Crippen molar-refractivity contribution in [3.05, 3.63) is 35.9 Å². The second-order valence-corrected chi connectivity index (χ2v) is 9.01. The standard InChI is InChI=1S/C23H31NO3/c1-16(25)20-14-19(22(20,3)4)15-21(27)24-12-10-23(11-13-24,17(2)26)18-8-6-5-7-9-18/h5-9,19-20H,10-15H2,1-4H3/t19-,20+/m0/s1. The number of amides is 1. The summed E-state index contributed by atoms with van der Waals surface area (Å²) in [4.78, 5) is 39.0. The molecule has 1 heterocycles. The van der Waals surface area contributed by atoms with Crippen molar-refractivity contribution < 1.29 is 14.4 Å². The number of piperidine rings is 1. The van der Waals surface area contributed by atoms with Crippen molar-refractivity contribution in [2.24, 2.45) is 17.3 Å². The van der Waals surface area contributed by atoms with Gasteiger partial charge in [-0.05, 0) is 50.0 Å². The van der Waals surface area contributed by atoms with Crippen LogP contribution >= 0.6 is 0 Å². The molecule has 2 aliphatic rings. The van der Waals surface area contributed by atoms with Crippen molar-refractivity contribution >= 4 is 17.5 Å². The second-order valence-electron chi connectivity index (χ2n) is 9.01. The van der Waals surface area contributed by atoms with E-state index >= 15 is 0 Å². The van der Waals surface area contributed by atoms with Gasteiger partial charge in [-0.3, -0.25) is 14.4 Å². The highest BCUT2D eigenvalue weighted by molar-refractivity contribution is 5.88. The monoisotopic (exact) mass is 369 g/mol. The third-order valence-corrected chi connectivity index (χ3v) is 7.35. The zero-order valence-corrected chi connectivity index (χ0v) is 17.0. The molecule has 1 aromatic rings. The van der Waals surface area contributed by atoms with E-state index in [1.807, 2.05) is 35.2 Å². The van der Waals surface area contributed by atoms with Gasteiger partial charge in [0.1, 0.15) is 11.6 Å². The molecule has 4 heteroatoms. The van der Waals surface area contributed by atoms with Crippen LogP contribution in [0.5, 0.6) is 0 Å². The predicted octanol–water partition coefficient (Wildman–Crippen LogP) is 3.78. The van der Waals surface area contributed by atoms with E-state index in [4.69, 9.17) is 0 Å². The lowest BCUT2D eigenvalue weighted by molar-refractivity contribution is -0.146. The average Bonchev–Trinajstić information content (AvgIpc) is 2.64. The van der Waals surface area contributed by atoms with E-state index in [-0.39, 0.29) is 34.7 Å². The summed E-state index contributed by atoms with van der Waals surface area (Å²) in [5, 5.41) is 0. The zero-order valence-electron chi connectivity index (χ0n) is 17.0. The molecule has 2 atom stereocenters. The number of carbonyl (C=O) groups excluding carboxylic acids is 3. The second kappa shape index (κ2) is 7.21. The van der Waals surface area contributed by atoms with E-state index in [9.17, 15) is 14.4 Å². The summed E-state index contributed by atoms with van der Waals surface area (Å²) in [6.45, 7) is 8.77. The number of carbonyl (C=O) groups is 3. The summed E-state index contributed by atoms with van der Waals surface area (Å²) in [7, 11) is 0. The smallest absolute Gasteiger partial charge is 0.222 e. The van der Waals surface area contributed by atoms with Gasteiger partial charge in [-0.2, -0.15) is 0 Å². The van der Waals surface area contributed by atoms with Crippen LogP contribution < -0.4 is 0 Å². The van der Waals surface area contributed by atoms with Gasteiger partial charge in [-0.15, -0.1) is 0 Å². The summed E-state index contributed by atoms with van der Waals surface area (Å²) < 4.78 is 0. The number of hydrogen-bond donors (Lipinski definition) is 0. The van der Waals surface area contributed by atoms with Gasteiger partial charge in [0.2, 0.25) is 5.91 Å². The maximum Gasteiger partial charge on any atom is 0.222 e. The molecule has 146 valence electrons. The largest absolute Gasteiger partial charge is 0.343 e. The average molecular weight is 370 g/mol. The molecule has 0 radical (unpaired) electrons. The minimum atomic E-state index is -0.465. The molecule has 1 aliphatic carbocycles. The minimum Gasteiger partial charge on any atom is -0.343 e. The molecule has 1 aliphatic heterocycles. The first-order valence-electron chi connectivity index (χ1n) is 10.0. The number of Topliss-reactive ketones (excluding diaryl/α,β-unsaturated/α-hetero) is 2. The normalized spacial score (nSPS) is 26.1. The number of benzene rings is 1. The topological polar surface area (TPSA) is 54.5 Å². The van der Waals surface area contributed by atoms with Crippen molar-refractivity contribution in [1.82, 2.24) is 4.90 Å². The molecular weight excluding hydrogens is 338 g/mol. The van der Waals surface area contributed by atoms with Crippen LogP contribution in [-0.4, -0.2) is 35.5 Å². The molecule has 4 nitrogen and oxygen atoms in total. The first-order valence-corrected chi connectivity index (χ1v) is 10.0.